The van der Waals surface area contributed by atoms with Crippen molar-refractivity contribution in [3.8, 4) is 0 Å². The number of ether oxygens (including phenoxy) is 2. The monoisotopic (exact) mass is 415 g/mol. The Morgan fingerprint density at radius 3 is 1.83 bits per heavy atom. The lowest BCUT2D eigenvalue weighted by molar-refractivity contribution is -0.189. The van der Waals surface area contributed by atoms with Crippen molar-refractivity contribution >= 4 is 11.9 Å². The first-order chi connectivity index (χ1) is 13.2. The van der Waals surface area contributed by atoms with Gasteiger partial charge in [0.25, 0.3) is 0 Å². The molecule has 0 aromatic heterocycles. The van der Waals surface area contributed by atoms with Gasteiger partial charge in [-0.2, -0.15) is 0 Å². The predicted octanol–water partition coefficient (Wildman–Crippen LogP) is 0.855. The van der Waals surface area contributed by atoms with Crippen LogP contribution in [0.3, 0.4) is 0 Å². The normalized spacial score (nSPS) is 30.4. The van der Waals surface area contributed by atoms with Gasteiger partial charge in [-0.1, -0.05) is 0 Å². The van der Waals surface area contributed by atoms with Crippen molar-refractivity contribution in [3.05, 3.63) is 0 Å². The first-order valence-electron chi connectivity index (χ1n) is 10.3. The summed E-state index contributed by atoms with van der Waals surface area (Å²) in [6, 6.07) is -0.209. The number of esters is 2. The Bertz CT molecular complexity index is 577. The molecule has 0 amide bonds. The molecule has 0 aromatic rings. The number of hydrogen-bond acceptors (Lipinski definition) is 8. The summed E-state index contributed by atoms with van der Waals surface area (Å²) in [5.74, 6) is -0.790. The Balaban J connectivity index is 2.30. The van der Waals surface area contributed by atoms with Crippen LogP contribution >= 0.6 is 0 Å². The van der Waals surface area contributed by atoms with Crippen LogP contribution in [0.1, 0.15) is 60.8 Å². The molecule has 0 spiro atoms. The van der Waals surface area contributed by atoms with E-state index in [0.29, 0.717) is 12.8 Å². The van der Waals surface area contributed by atoms with Gasteiger partial charge in [0.05, 0.1) is 34.7 Å². The van der Waals surface area contributed by atoms with Gasteiger partial charge in [-0.25, -0.2) is 0 Å². The number of carbonyl (C=O) groups is 2. The second-order valence-corrected chi connectivity index (χ2v) is 10.6. The summed E-state index contributed by atoms with van der Waals surface area (Å²) in [6.45, 7) is 10.5. The van der Waals surface area contributed by atoms with Crippen LogP contribution in [0.5, 0.6) is 0 Å². The molecule has 0 unspecified atom stereocenters. The highest BCUT2D eigenvalue weighted by Crippen LogP contribution is 2.39. The van der Waals surface area contributed by atoms with Gasteiger partial charge >= 0.3 is 11.9 Å². The van der Waals surface area contributed by atoms with E-state index in [-0.39, 0.29) is 32.2 Å². The SMILES string of the molecule is CC(C)(C)C(=O)OCC1(COC(=O)C(C)(C)C)C[C@@H](O)C[C@H]2C[C@H](O)[C@H](O)CN21. The molecule has 8 heteroatoms. The maximum atomic E-state index is 12.4. The van der Waals surface area contributed by atoms with Crippen LogP contribution < -0.4 is 0 Å². The van der Waals surface area contributed by atoms with Gasteiger partial charge in [-0.05, 0) is 60.8 Å². The molecule has 0 aromatic carbocycles. The first kappa shape index (κ1) is 24.1. The molecule has 2 rings (SSSR count). The summed E-state index contributed by atoms with van der Waals surface area (Å²) >= 11 is 0. The smallest absolute Gasteiger partial charge is 0.311 e. The Kier molecular flexibility index (Phi) is 7.04. The molecule has 2 aliphatic rings. The van der Waals surface area contributed by atoms with Crippen LogP contribution in [-0.4, -0.2) is 81.8 Å². The maximum absolute atomic E-state index is 12.4. The minimum absolute atomic E-state index is 0.0725. The van der Waals surface area contributed by atoms with Gasteiger partial charge in [0, 0.05) is 12.6 Å². The maximum Gasteiger partial charge on any atom is 0.311 e. The zero-order chi connectivity index (χ0) is 22.2. The minimum atomic E-state index is -0.967. The summed E-state index contributed by atoms with van der Waals surface area (Å²) in [7, 11) is 0. The van der Waals surface area contributed by atoms with Gasteiger partial charge < -0.3 is 24.8 Å². The third kappa shape index (κ3) is 5.69. The van der Waals surface area contributed by atoms with E-state index in [1.54, 1.807) is 41.5 Å². The molecule has 4 atom stereocenters. The number of rotatable bonds is 4. The lowest BCUT2D eigenvalue weighted by Gasteiger charge is -2.55. The highest BCUT2D eigenvalue weighted by atomic mass is 16.6. The van der Waals surface area contributed by atoms with Gasteiger partial charge in [0.15, 0.2) is 0 Å². The number of β-amino-alcohol motifs (C(OH)–C–C–N with tert-alkyl or cyclic N) is 1. The predicted molar refractivity (Wildman–Crippen MR) is 106 cm³/mol. The molecule has 8 nitrogen and oxygen atoms in total. The fraction of sp³-hybridized carbons (Fsp3) is 0.905. The van der Waals surface area contributed by atoms with Crippen LogP contribution in [0.4, 0.5) is 0 Å². The van der Waals surface area contributed by atoms with Crippen molar-refractivity contribution in [3.63, 3.8) is 0 Å². The molecule has 3 N–H and O–H groups in total. The van der Waals surface area contributed by atoms with Crippen LogP contribution in [-0.2, 0) is 19.1 Å². The molecular formula is C21H37NO7. The number of carbonyl (C=O) groups excluding carboxylic acids is 2. The fourth-order valence-electron chi connectivity index (χ4n) is 3.95. The van der Waals surface area contributed by atoms with Crippen molar-refractivity contribution < 1.29 is 34.4 Å². The zero-order valence-corrected chi connectivity index (χ0v) is 18.5. The van der Waals surface area contributed by atoms with Crippen LogP contribution in [0.2, 0.25) is 0 Å². The summed E-state index contributed by atoms with van der Waals surface area (Å²) in [5, 5.41) is 30.9. The number of aliphatic hydroxyl groups is 3. The third-order valence-corrected chi connectivity index (χ3v) is 5.72. The second kappa shape index (κ2) is 8.49. The van der Waals surface area contributed by atoms with E-state index in [0.717, 1.165) is 0 Å². The molecule has 29 heavy (non-hydrogen) atoms. The molecule has 0 bridgehead atoms. The second-order valence-electron chi connectivity index (χ2n) is 10.6. The lowest BCUT2D eigenvalue weighted by atomic mass is 9.77. The van der Waals surface area contributed by atoms with E-state index in [2.05, 4.69) is 0 Å². The standard InChI is InChI=1S/C21H37NO7/c1-19(2,3)17(26)28-11-21(12-29-18(27)20(4,5)6)9-14(23)7-13-8-15(24)16(25)10-22(13)21/h13-16,23-25H,7-12H2,1-6H3/t13-,14-,15-,16+/m0/s1. The molecule has 168 valence electrons. The van der Waals surface area contributed by atoms with Crippen molar-refractivity contribution in [1.29, 1.82) is 0 Å². The third-order valence-electron chi connectivity index (χ3n) is 5.72. The Morgan fingerprint density at radius 2 is 1.38 bits per heavy atom. The molecule has 2 aliphatic heterocycles. The quantitative estimate of drug-likeness (QED) is 0.579. The Labute approximate surface area is 173 Å². The topological polar surface area (TPSA) is 117 Å². The fourth-order valence-corrected chi connectivity index (χ4v) is 3.95. The van der Waals surface area contributed by atoms with Gasteiger partial charge in [0.1, 0.15) is 13.2 Å². The first-order valence-corrected chi connectivity index (χ1v) is 10.3. The van der Waals surface area contributed by atoms with Gasteiger partial charge in [-0.15, -0.1) is 0 Å². The average Bonchev–Trinajstić information content (AvgIpc) is 2.57. The Morgan fingerprint density at radius 1 is 0.897 bits per heavy atom. The van der Waals surface area contributed by atoms with Crippen LogP contribution in [0.15, 0.2) is 0 Å². The molecule has 2 saturated heterocycles. The highest BCUT2D eigenvalue weighted by molar-refractivity contribution is 5.76. The largest absolute Gasteiger partial charge is 0.463 e. The minimum Gasteiger partial charge on any atom is -0.463 e. The van der Waals surface area contributed by atoms with Crippen molar-refractivity contribution in [2.75, 3.05) is 19.8 Å². The average molecular weight is 416 g/mol. The van der Waals surface area contributed by atoms with E-state index in [4.69, 9.17) is 9.47 Å². The molecule has 0 radical (unpaired) electrons. The number of hydrogen-bond donors (Lipinski definition) is 3. The van der Waals surface area contributed by atoms with Crippen molar-refractivity contribution in [2.45, 2.75) is 90.7 Å². The molecule has 2 fully saturated rings. The van der Waals surface area contributed by atoms with E-state index >= 15 is 0 Å². The number of piperidine rings is 2. The van der Waals surface area contributed by atoms with Gasteiger partial charge in [0.2, 0.25) is 0 Å². The van der Waals surface area contributed by atoms with E-state index in [1.165, 1.54) is 0 Å². The van der Waals surface area contributed by atoms with Crippen molar-refractivity contribution in [1.82, 2.24) is 4.90 Å². The van der Waals surface area contributed by atoms with Crippen LogP contribution in [0.25, 0.3) is 0 Å². The molecule has 0 saturated carbocycles. The summed E-state index contributed by atoms with van der Waals surface area (Å²) in [5.41, 5.74) is -2.37. The van der Waals surface area contributed by atoms with E-state index in [1.807, 2.05) is 4.90 Å². The van der Waals surface area contributed by atoms with Crippen LogP contribution in [0, 0.1) is 10.8 Å². The number of aliphatic hydroxyl groups excluding tert-OH is 3. The molecule has 0 aliphatic carbocycles. The number of fused-ring (bicyclic) bond motifs is 1. The van der Waals surface area contributed by atoms with E-state index in [9.17, 15) is 24.9 Å². The molecule has 2 heterocycles. The Hall–Kier alpha value is -1.22. The molecular weight excluding hydrogens is 378 g/mol. The lowest BCUT2D eigenvalue weighted by Crippen LogP contribution is -2.69. The summed E-state index contributed by atoms with van der Waals surface area (Å²) < 4.78 is 11.2. The zero-order valence-electron chi connectivity index (χ0n) is 18.5. The number of nitrogens with zero attached hydrogens (tertiary/aromatic N) is 1. The summed E-state index contributed by atoms with van der Waals surface area (Å²) in [4.78, 5) is 26.8. The summed E-state index contributed by atoms with van der Waals surface area (Å²) in [6.07, 6.45) is -1.57. The van der Waals surface area contributed by atoms with Gasteiger partial charge in [-0.3, -0.25) is 14.5 Å². The van der Waals surface area contributed by atoms with E-state index < -0.39 is 46.6 Å². The van der Waals surface area contributed by atoms with Crippen molar-refractivity contribution in [2.24, 2.45) is 10.8 Å². The highest BCUT2D eigenvalue weighted by Gasteiger charge is 2.52.